The number of aromatic nitrogens is 1. The fraction of sp³-hybridized carbons (Fsp3) is 0.308. The van der Waals surface area contributed by atoms with Crippen molar-refractivity contribution in [2.45, 2.75) is 13.3 Å². The summed E-state index contributed by atoms with van der Waals surface area (Å²) >= 11 is 0. The highest BCUT2D eigenvalue weighted by Crippen LogP contribution is 2.18. The number of aromatic amines is 1. The van der Waals surface area contributed by atoms with Gasteiger partial charge in [-0.25, -0.2) is 0 Å². The topological polar surface area (TPSA) is 36.1 Å². The third-order valence-electron chi connectivity index (χ3n) is 2.73. The average molecular weight is 218 g/mol. The molecule has 1 amide bonds. The van der Waals surface area contributed by atoms with Crippen molar-refractivity contribution in [3.63, 3.8) is 0 Å². The normalized spacial score (nSPS) is 10.7. The van der Waals surface area contributed by atoms with Crippen LogP contribution in [-0.2, 0) is 6.42 Å². The first-order valence-electron chi connectivity index (χ1n) is 5.45. The lowest BCUT2D eigenvalue weighted by Crippen LogP contribution is -2.21. The van der Waals surface area contributed by atoms with Gasteiger partial charge in [0.1, 0.15) is 5.69 Å². The quantitative estimate of drug-likeness (QED) is 0.826. The van der Waals surface area contributed by atoms with Gasteiger partial charge in [-0.3, -0.25) is 4.79 Å². The lowest BCUT2D eigenvalue weighted by Gasteiger charge is -2.07. The maximum absolute atomic E-state index is 11.8. The zero-order valence-corrected chi connectivity index (χ0v) is 9.87. The molecule has 0 aliphatic rings. The Labute approximate surface area is 96.6 Å². The van der Waals surface area contributed by atoms with Gasteiger partial charge in [0.05, 0.1) is 0 Å². The molecule has 3 heteroatoms. The van der Waals surface area contributed by atoms with Crippen molar-refractivity contribution >= 4 is 16.8 Å². The summed E-state index contributed by atoms with van der Waals surface area (Å²) in [5.74, 6) is 0.00856. The Morgan fingerprint density at radius 1 is 1.38 bits per heavy atom. The standard InChI is InChI=1S/C13H16N2O.H2/c1-4-9-5-6-10-8-12(13(16)15(2)3)14-11(10)7-9;/h5-8,14H,4H2,1-3H3;1H. The molecule has 1 N–H and O–H groups in total. The van der Waals surface area contributed by atoms with Gasteiger partial charge in [-0.05, 0) is 24.1 Å². The molecule has 0 saturated carbocycles. The van der Waals surface area contributed by atoms with Crippen LogP contribution in [0.1, 0.15) is 24.4 Å². The van der Waals surface area contributed by atoms with Gasteiger partial charge in [-0.2, -0.15) is 0 Å². The monoisotopic (exact) mass is 218 g/mol. The molecule has 0 aliphatic carbocycles. The van der Waals surface area contributed by atoms with Crippen LogP contribution in [0.2, 0.25) is 0 Å². The van der Waals surface area contributed by atoms with E-state index in [2.05, 4.69) is 30.1 Å². The lowest BCUT2D eigenvalue weighted by molar-refractivity contribution is 0.0823. The number of hydrogen-bond acceptors (Lipinski definition) is 1. The number of carbonyl (C=O) groups excluding carboxylic acids is 1. The lowest BCUT2D eigenvalue weighted by atomic mass is 10.1. The van der Waals surface area contributed by atoms with Crippen LogP contribution in [0.5, 0.6) is 0 Å². The van der Waals surface area contributed by atoms with E-state index in [1.54, 1.807) is 19.0 Å². The summed E-state index contributed by atoms with van der Waals surface area (Å²) in [5.41, 5.74) is 2.95. The van der Waals surface area contributed by atoms with Gasteiger partial charge >= 0.3 is 0 Å². The van der Waals surface area contributed by atoms with Crippen LogP contribution in [0.4, 0.5) is 0 Å². The number of carbonyl (C=O) groups is 1. The predicted octanol–water partition coefficient (Wildman–Crippen LogP) is 2.68. The highest BCUT2D eigenvalue weighted by atomic mass is 16.2. The number of benzene rings is 1. The van der Waals surface area contributed by atoms with Crippen LogP contribution >= 0.6 is 0 Å². The zero-order valence-electron chi connectivity index (χ0n) is 9.87. The van der Waals surface area contributed by atoms with E-state index < -0.39 is 0 Å². The molecule has 1 aromatic carbocycles. The highest BCUT2D eigenvalue weighted by molar-refractivity contribution is 5.97. The van der Waals surface area contributed by atoms with Crippen molar-refractivity contribution in [2.75, 3.05) is 14.1 Å². The van der Waals surface area contributed by atoms with Gasteiger partial charge in [0.2, 0.25) is 0 Å². The van der Waals surface area contributed by atoms with Crippen molar-refractivity contribution in [2.24, 2.45) is 0 Å². The molecule has 0 unspecified atom stereocenters. The Hall–Kier alpha value is -1.77. The van der Waals surface area contributed by atoms with E-state index in [1.807, 2.05) is 6.07 Å². The first-order chi connectivity index (χ1) is 7.61. The second-order valence-corrected chi connectivity index (χ2v) is 4.16. The minimum absolute atomic E-state index is 0. The summed E-state index contributed by atoms with van der Waals surface area (Å²) < 4.78 is 0. The molecule has 3 nitrogen and oxygen atoms in total. The minimum Gasteiger partial charge on any atom is -0.351 e. The second kappa shape index (κ2) is 4.00. The van der Waals surface area contributed by atoms with Crippen LogP contribution in [0.15, 0.2) is 24.3 Å². The Morgan fingerprint density at radius 2 is 2.12 bits per heavy atom. The van der Waals surface area contributed by atoms with E-state index in [-0.39, 0.29) is 7.33 Å². The molecule has 2 aromatic rings. The van der Waals surface area contributed by atoms with Gasteiger partial charge in [0.25, 0.3) is 5.91 Å². The number of nitrogens with one attached hydrogen (secondary N) is 1. The average Bonchev–Trinajstić information content (AvgIpc) is 2.69. The molecule has 0 radical (unpaired) electrons. The summed E-state index contributed by atoms with van der Waals surface area (Å²) in [6.45, 7) is 2.12. The minimum atomic E-state index is 0. The Morgan fingerprint density at radius 3 is 2.75 bits per heavy atom. The first-order valence-corrected chi connectivity index (χ1v) is 5.45. The van der Waals surface area contributed by atoms with E-state index in [0.29, 0.717) is 5.69 Å². The predicted molar refractivity (Wildman–Crippen MR) is 67.8 cm³/mol. The zero-order chi connectivity index (χ0) is 11.7. The van der Waals surface area contributed by atoms with Crippen LogP contribution in [-0.4, -0.2) is 29.9 Å². The van der Waals surface area contributed by atoms with Gasteiger partial charge in [-0.15, -0.1) is 0 Å². The Kier molecular flexibility index (Phi) is 2.69. The van der Waals surface area contributed by atoms with Crippen molar-refractivity contribution in [1.29, 1.82) is 0 Å². The van der Waals surface area contributed by atoms with Gasteiger partial charge < -0.3 is 9.88 Å². The van der Waals surface area contributed by atoms with Crippen molar-refractivity contribution < 1.29 is 6.22 Å². The van der Waals surface area contributed by atoms with E-state index in [0.717, 1.165) is 17.3 Å². The van der Waals surface area contributed by atoms with Crippen molar-refractivity contribution in [3.8, 4) is 0 Å². The number of nitrogens with zero attached hydrogens (tertiary/aromatic N) is 1. The SMILES string of the molecule is CCc1ccc2cc(C(=O)N(C)C)[nH]c2c1.[HH]. The molecule has 2 rings (SSSR count). The molecule has 1 aromatic heterocycles. The number of H-pyrrole nitrogens is 1. The summed E-state index contributed by atoms with van der Waals surface area (Å²) in [7, 11) is 3.51. The maximum Gasteiger partial charge on any atom is 0.269 e. The van der Waals surface area contributed by atoms with Crippen molar-refractivity contribution in [3.05, 3.63) is 35.5 Å². The van der Waals surface area contributed by atoms with Crippen LogP contribution in [0.3, 0.4) is 0 Å². The number of amides is 1. The smallest absolute Gasteiger partial charge is 0.269 e. The molecule has 0 saturated heterocycles. The van der Waals surface area contributed by atoms with E-state index in [1.165, 1.54) is 5.56 Å². The maximum atomic E-state index is 11.8. The highest BCUT2D eigenvalue weighted by Gasteiger charge is 2.10. The van der Waals surface area contributed by atoms with Crippen LogP contribution in [0.25, 0.3) is 10.9 Å². The fourth-order valence-electron chi connectivity index (χ4n) is 1.75. The summed E-state index contributed by atoms with van der Waals surface area (Å²) in [6.07, 6.45) is 1.01. The number of fused-ring (bicyclic) bond motifs is 1. The van der Waals surface area contributed by atoms with Gasteiger partial charge in [0, 0.05) is 26.4 Å². The summed E-state index contributed by atoms with van der Waals surface area (Å²) in [4.78, 5) is 16.5. The van der Waals surface area contributed by atoms with Gasteiger partial charge in [0.15, 0.2) is 0 Å². The Bertz CT molecular complexity index is 531. The fourth-order valence-corrected chi connectivity index (χ4v) is 1.75. The third kappa shape index (κ3) is 1.81. The largest absolute Gasteiger partial charge is 0.351 e. The Balaban J connectivity index is 0.00000144. The van der Waals surface area contributed by atoms with Crippen LogP contribution in [0, 0.1) is 0 Å². The van der Waals surface area contributed by atoms with E-state index in [9.17, 15) is 4.79 Å². The molecule has 16 heavy (non-hydrogen) atoms. The summed E-state index contributed by atoms with van der Waals surface area (Å²) in [6, 6.07) is 8.15. The molecule has 0 fully saturated rings. The molecule has 0 aliphatic heterocycles. The van der Waals surface area contributed by atoms with E-state index in [4.69, 9.17) is 0 Å². The molecule has 0 atom stereocenters. The van der Waals surface area contributed by atoms with Crippen molar-refractivity contribution in [1.82, 2.24) is 9.88 Å². The third-order valence-corrected chi connectivity index (χ3v) is 2.73. The van der Waals surface area contributed by atoms with E-state index >= 15 is 0 Å². The first kappa shape index (κ1) is 10.7. The molecular weight excluding hydrogens is 200 g/mol. The van der Waals surface area contributed by atoms with Gasteiger partial charge in [-0.1, -0.05) is 19.1 Å². The summed E-state index contributed by atoms with van der Waals surface area (Å²) in [5, 5.41) is 1.09. The number of aryl methyl sites for hydroxylation is 1. The van der Waals surface area contributed by atoms with Crippen LogP contribution < -0.4 is 0 Å². The second-order valence-electron chi connectivity index (χ2n) is 4.16. The molecule has 0 spiro atoms. The molecule has 0 bridgehead atoms. The molecule has 86 valence electrons. The molecular formula is C13H18N2O. The number of rotatable bonds is 2. The molecule has 1 heterocycles. The number of hydrogen-bond donors (Lipinski definition) is 1.